The Morgan fingerprint density at radius 1 is 1.50 bits per heavy atom. The highest BCUT2D eigenvalue weighted by molar-refractivity contribution is 5.73. The van der Waals surface area contributed by atoms with E-state index in [9.17, 15) is 9.18 Å². The SMILES string of the molecule is CC(C)(C)OC(=O)Cc1ccc(N2CC[C@H](F)C2)nc1. The summed E-state index contributed by atoms with van der Waals surface area (Å²) in [7, 11) is 0. The summed E-state index contributed by atoms with van der Waals surface area (Å²) in [5.74, 6) is 0.495. The van der Waals surface area contributed by atoms with E-state index in [0.29, 0.717) is 19.5 Å². The number of nitrogens with zero attached hydrogens (tertiary/aromatic N) is 2. The molecule has 0 unspecified atom stereocenters. The molecule has 20 heavy (non-hydrogen) atoms. The standard InChI is InChI=1S/C15H21FN2O2/c1-15(2,3)20-14(19)8-11-4-5-13(17-9-11)18-7-6-12(16)10-18/h4-5,9,12H,6-8,10H2,1-3H3/t12-/m0/s1. The normalized spacial score (nSPS) is 19.2. The molecule has 1 aromatic heterocycles. The lowest BCUT2D eigenvalue weighted by Gasteiger charge is -2.19. The Balaban J connectivity index is 1.93. The van der Waals surface area contributed by atoms with E-state index in [1.807, 2.05) is 37.8 Å². The second kappa shape index (κ2) is 5.77. The Hall–Kier alpha value is -1.65. The van der Waals surface area contributed by atoms with E-state index in [4.69, 9.17) is 4.74 Å². The lowest BCUT2D eigenvalue weighted by Crippen LogP contribution is -2.25. The van der Waals surface area contributed by atoms with Crippen LogP contribution in [0.3, 0.4) is 0 Å². The molecule has 1 aliphatic rings. The quantitative estimate of drug-likeness (QED) is 0.798. The lowest BCUT2D eigenvalue weighted by atomic mass is 10.1. The molecular formula is C15H21FN2O2. The van der Waals surface area contributed by atoms with E-state index < -0.39 is 11.8 Å². The maximum absolute atomic E-state index is 13.1. The van der Waals surface area contributed by atoms with Gasteiger partial charge in [-0.15, -0.1) is 0 Å². The average Bonchev–Trinajstić information content (AvgIpc) is 2.74. The van der Waals surface area contributed by atoms with E-state index in [0.717, 1.165) is 11.4 Å². The molecule has 1 atom stereocenters. The molecule has 5 heteroatoms. The molecule has 1 aromatic rings. The molecular weight excluding hydrogens is 259 g/mol. The van der Waals surface area contributed by atoms with Gasteiger partial charge in [0.1, 0.15) is 17.6 Å². The van der Waals surface area contributed by atoms with Crippen LogP contribution < -0.4 is 4.90 Å². The number of esters is 1. The fourth-order valence-electron chi connectivity index (χ4n) is 2.18. The van der Waals surface area contributed by atoms with Crippen molar-refractivity contribution in [2.24, 2.45) is 0 Å². The minimum Gasteiger partial charge on any atom is -0.460 e. The number of pyridine rings is 1. The summed E-state index contributed by atoms with van der Waals surface area (Å²) in [6, 6.07) is 3.68. The molecule has 0 amide bonds. The third-order valence-electron chi connectivity index (χ3n) is 3.03. The third kappa shape index (κ3) is 4.18. The number of halogens is 1. The maximum Gasteiger partial charge on any atom is 0.310 e. The van der Waals surface area contributed by atoms with Crippen LogP contribution >= 0.6 is 0 Å². The van der Waals surface area contributed by atoms with E-state index in [1.165, 1.54) is 0 Å². The first-order chi connectivity index (χ1) is 9.33. The average molecular weight is 280 g/mol. The second-order valence-corrected chi connectivity index (χ2v) is 6.12. The number of hydrogen-bond acceptors (Lipinski definition) is 4. The molecule has 1 fully saturated rings. The van der Waals surface area contributed by atoms with Crippen LogP contribution in [-0.2, 0) is 16.0 Å². The van der Waals surface area contributed by atoms with Gasteiger partial charge < -0.3 is 9.64 Å². The van der Waals surface area contributed by atoms with Gasteiger partial charge in [0.05, 0.1) is 13.0 Å². The van der Waals surface area contributed by atoms with Crippen LogP contribution in [0.5, 0.6) is 0 Å². The molecule has 1 saturated heterocycles. The van der Waals surface area contributed by atoms with Gasteiger partial charge in [-0.05, 0) is 38.8 Å². The number of alkyl halides is 1. The molecule has 0 spiro atoms. The minimum atomic E-state index is -0.766. The van der Waals surface area contributed by atoms with Crippen molar-refractivity contribution in [3.63, 3.8) is 0 Å². The second-order valence-electron chi connectivity index (χ2n) is 6.12. The van der Waals surface area contributed by atoms with Gasteiger partial charge in [0.2, 0.25) is 0 Å². The molecule has 0 aliphatic carbocycles. The van der Waals surface area contributed by atoms with Crippen LogP contribution in [-0.4, -0.2) is 35.8 Å². The molecule has 4 nitrogen and oxygen atoms in total. The number of rotatable bonds is 3. The smallest absolute Gasteiger partial charge is 0.310 e. The molecule has 0 saturated carbocycles. The highest BCUT2D eigenvalue weighted by atomic mass is 19.1. The summed E-state index contributed by atoms with van der Waals surface area (Å²) in [5.41, 5.74) is 0.329. The van der Waals surface area contributed by atoms with Crippen LogP contribution in [0.1, 0.15) is 32.8 Å². The molecule has 110 valence electrons. The first-order valence-corrected chi connectivity index (χ1v) is 6.89. The monoisotopic (exact) mass is 280 g/mol. The Bertz CT molecular complexity index is 468. The van der Waals surface area contributed by atoms with Gasteiger partial charge in [-0.25, -0.2) is 9.37 Å². The maximum atomic E-state index is 13.1. The predicted octanol–water partition coefficient (Wildman–Crippen LogP) is 2.51. The summed E-state index contributed by atoms with van der Waals surface area (Å²) >= 11 is 0. The van der Waals surface area contributed by atoms with Gasteiger partial charge >= 0.3 is 5.97 Å². The summed E-state index contributed by atoms with van der Waals surface area (Å²) < 4.78 is 18.4. The fraction of sp³-hybridized carbons (Fsp3) is 0.600. The molecule has 0 radical (unpaired) electrons. The number of carbonyl (C=O) groups excluding carboxylic acids is 1. The number of hydrogen-bond donors (Lipinski definition) is 0. The van der Waals surface area contributed by atoms with Crippen molar-refractivity contribution in [1.29, 1.82) is 0 Å². The van der Waals surface area contributed by atoms with Crippen LogP contribution in [0.25, 0.3) is 0 Å². The van der Waals surface area contributed by atoms with Gasteiger partial charge in [-0.2, -0.15) is 0 Å². The van der Waals surface area contributed by atoms with E-state index in [1.54, 1.807) is 6.20 Å². The topological polar surface area (TPSA) is 42.4 Å². The van der Waals surface area contributed by atoms with Gasteiger partial charge in [0.25, 0.3) is 0 Å². The van der Waals surface area contributed by atoms with Gasteiger partial charge in [0.15, 0.2) is 0 Å². The van der Waals surface area contributed by atoms with Gasteiger partial charge in [-0.3, -0.25) is 4.79 Å². The number of aromatic nitrogens is 1. The van der Waals surface area contributed by atoms with Gasteiger partial charge in [-0.1, -0.05) is 6.07 Å². The highest BCUT2D eigenvalue weighted by Gasteiger charge is 2.22. The fourth-order valence-corrected chi connectivity index (χ4v) is 2.18. The Labute approximate surface area is 118 Å². The van der Waals surface area contributed by atoms with Crippen molar-refractivity contribution in [2.75, 3.05) is 18.0 Å². The molecule has 0 bridgehead atoms. The zero-order valence-corrected chi connectivity index (χ0v) is 12.2. The first kappa shape index (κ1) is 14.8. The molecule has 2 heterocycles. The van der Waals surface area contributed by atoms with Crippen LogP contribution in [0.4, 0.5) is 10.2 Å². The molecule has 2 rings (SSSR count). The van der Waals surface area contributed by atoms with Crippen molar-refractivity contribution in [3.8, 4) is 0 Å². The zero-order valence-electron chi connectivity index (χ0n) is 12.2. The van der Waals surface area contributed by atoms with Crippen molar-refractivity contribution in [1.82, 2.24) is 4.98 Å². The van der Waals surface area contributed by atoms with E-state index in [-0.39, 0.29) is 12.4 Å². The van der Waals surface area contributed by atoms with Crippen LogP contribution in [0.2, 0.25) is 0 Å². The molecule has 1 aliphatic heterocycles. The Morgan fingerprint density at radius 3 is 2.75 bits per heavy atom. The number of anilines is 1. The van der Waals surface area contributed by atoms with Crippen molar-refractivity contribution < 1.29 is 13.9 Å². The van der Waals surface area contributed by atoms with E-state index >= 15 is 0 Å². The summed E-state index contributed by atoms with van der Waals surface area (Å²) in [6.07, 6.45) is 1.65. The third-order valence-corrected chi connectivity index (χ3v) is 3.03. The number of carbonyl (C=O) groups is 1. The first-order valence-electron chi connectivity index (χ1n) is 6.89. The van der Waals surface area contributed by atoms with E-state index in [2.05, 4.69) is 4.98 Å². The van der Waals surface area contributed by atoms with Crippen LogP contribution in [0, 0.1) is 0 Å². The van der Waals surface area contributed by atoms with Crippen molar-refractivity contribution in [3.05, 3.63) is 23.9 Å². The molecule has 0 aromatic carbocycles. The highest BCUT2D eigenvalue weighted by Crippen LogP contribution is 2.20. The lowest BCUT2D eigenvalue weighted by molar-refractivity contribution is -0.153. The van der Waals surface area contributed by atoms with Crippen molar-refractivity contribution in [2.45, 2.75) is 45.4 Å². The van der Waals surface area contributed by atoms with Crippen LogP contribution in [0.15, 0.2) is 18.3 Å². The zero-order chi connectivity index (χ0) is 14.8. The van der Waals surface area contributed by atoms with Crippen molar-refractivity contribution >= 4 is 11.8 Å². The minimum absolute atomic E-state index is 0.205. The predicted molar refractivity (Wildman–Crippen MR) is 75.5 cm³/mol. The number of ether oxygens (including phenoxy) is 1. The Morgan fingerprint density at radius 2 is 2.25 bits per heavy atom. The largest absolute Gasteiger partial charge is 0.460 e. The molecule has 0 N–H and O–H groups in total. The van der Waals surface area contributed by atoms with Gasteiger partial charge in [0, 0.05) is 12.7 Å². The summed E-state index contributed by atoms with van der Waals surface area (Å²) in [4.78, 5) is 17.9. The summed E-state index contributed by atoms with van der Waals surface area (Å²) in [6.45, 7) is 6.62. The Kier molecular flexibility index (Phi) is 4.26. The summed E-state index contributed by atoms with van der Waals surface area (Å²) in [5, 5.41) is 0.